The molecule has 1 amide bonds. The van der Waals surface area contributed by atoms with Gasteiger partial charge in [0.1, 0.15) is 0 Å². The smallest absolute Gasteiger partial charge is 0.207 e. The molecule has 0 heterocycles. The Labute approximate surface area is 78.1 Å². The number of aliphatic hydroxyl groups is 2. The molecule has 6 heteroatoms. The van der Waals surface area contributed by atoms with Crippen molar-refractivity contribution in [3.05, 3.63) is 0 Å². The van der Waals surface area contributed by atoms with Crippen LogP contribution < -0.4 is 16.4 Å². The van der Waals surface area contributed by atoms with Gasteiger partial charge in [-0.05, 0) is 7.05 Å². The lowest BCUT2D eigenvalue weighted by atomic mass is 10.3. The molecule has 0 aromatic carbocycles. The molecule has 0 aliphatic rings. The monoisotopic (exact) mass is 193 g/mol. The van der Waals surface area contributed by atoms with Crippen molar-refractivity contribution < 1.29 is 15.0 Å². The average molecular weight is 193 g/mol. The third-order valence-electron chi connectivity index (χ3n) is 1.14. The molecule has 0 rings (SSSR count). The highest BCUT2D eigenvalue weighted by atomic mass is 16.3. The van der Waals surface area contributed by atoms with Gasteiger partial charge in [-0.1, -0.05) is 0 Å². The number of carbonyl (C=O) groups is 1. The van der Waals surface area contributed by atoms with Crippen molar-refractivity contribution >= 4 is 6.41 Å². The van der Waals surface area contributed by atoms with Crippen LogP contribution in [0.3, 0.4) is 0 Å². The topological polar surface area (TPSA) is 108 Å². The van der Waals surface area contributed by atoms with Crippen LogP contribution in [0.2, 0.25) is 0 Å². The number of hydrogen-bond acceptors (Lipinski definition) is 5. The van der Waals surface area contributed by atoms with Gasteiger partial charge >= 0.3 is 0 Å². The van der Waals surface area contributed by atoms with Crippen molar-refractivity contribution in [3.8, 4) is 0 Å². The number of hydrogen-bond donors (Lipinski definition) is 5. The maximum absolute atomic E-state index is 9.60. The van der Waals surface area contributed by atoms with E-state index in [9.17, 15) is 4.79 Å². The first-order valence-corrected chi connectivity index (χ1v) is 4.02. The van der Waals surface area contributed by atoms with Gasteiger partial charge in [-0.2, -0.15) is 0 Å². The van der Waals surface area contributed by atoms with Crippen LogP contribution in [-0.4, -0.2) is 56.0 Å². The first-order valence-electron chi connectivity index (χ1n) is 4.02. The number of nitrogens with one attached hydrogen (secondary N) is 2. The Bertz CT molecular complexity index is 97.0. The molecule has 0 aliphatic heterocycles. The molecule has 0 aliphatic carbocycles. The van der Waals surface area contributed by atoms with E-state index in [-0.39, 0.29) is 13.2 Å². The van der Waals surface area contributed by atoms with E-state index in [4.69, 9.17) is 15.9 Å². The summed E-state index contributed by atoms with van der Waals surface area (Å²) in [6.07, 6.45) is 0.442. The maximum atomic E-state index is 9.60. The highest BCUT2D eigenvalue weighted by molar-refractivity contribution is 5.46. The van der Waals surface area contributed by atoms with Crippen molar-refractivity contribution in [1.29, 1.82) is 0 Å². The van der Waals surface area contributed by atoms with E-state index in [1.165, 1.54) is 0 Å². The van der Waals surface area contributed by atoms with E-state index >= 15 is 0 Å². The molecule has 0 spiro atoms. The Kier molecular flexibility index (Phi) is 15.8. The maximum Gasteiger partial charge on any atom is 0.207 e. The molecular formula is C7H19N3O3. The lowest BCUT2D eigenvalue weighted by molar-refractivity contribution is -0.110. The Morgan fingerprint density at radius 3 is 2.08 bits per heavy atom. The first kappa shape index (κ1) is 14.8. The Morgan fingerprint density at radius 1 is 1.46 bits per heavy atom. The Balaban J connectivity index is 0. The molecule has 0 bridgehead atoms. The van der Waals surface area contributed by atoms with Crippen LogP contribution in [0.15, 0.2) is 0 Å². The standard InChI is InChI=1S/C4H9NO3.C3H10N2/c6-1-4(2-7)5-3-8;1-5-3-2-4/h3-4,6-7H,1-2H2,(H,5,8);5H,2-4H2,1H3. The summed E-state index contributed by atoms with van der Waals surface area (Å²) in [5.41, 5.74) is 5.08. The minimum atomic E-state index is -0.507. The lowest BCUT2D eigenvalue weighted by Gasteiger charge is -2.06. The fraction of sp³-hybridized carbons (Fsp3) is 0.857. The van der Waals surface area contributed by atoms with Crippen molar-refractivity contribution in [2.75, 3.05) is 33.4 Å². The number of likely N-dealkylation sites (N-methyl/N-ethyl adjacent to an activating group) is 1. The first-order chi connectivity index (χ1) is 6.26. The van der Waals surface area contributed by atoms with E-state index < -0.39 is 6.04 Å². The zero-order chi connectivity index (χ0) is 10.5. The second kappa shape index (κ2) is 13.9. The molecule has 0 unspecified atom stereocenters. The van der Waals surface area contributed by atoms with Crippen LogP contribution in [-0.2, 0) is 4.79 Å². The molecule has 0 aromatic rings. The van der Waals surface area contributed by atoms with Crippen molar-refractivity contribution in [2.24, 2.45) is 5.73 Å². The number of amides is 1. The van der Waals surface area contributed by atoms with Crippen LogP contribution in [0.5, 0.6) is 0 Å². The molecule has 13 heavy (non-hydrogen) atoms. The largest absolute Gasteiger partial charge is 0.394 e. The zero-order valence-corrected chi connectivity index (χ0v) is 7.86. The summed E-state index contributed by atoms with van der Waals surface area (Å²) in [4.78, 5) is 9.60. The van der Waals surface area contributed by atoms with Gasteiger partial charge in [0.2, 0.25) is 6.41 Å². The van der Waals surface area contributed by atoms with E-state index in [2.05, 4.69) is 10.6 Å². The third-order valence-corrected chi connectivity index (χ3v) is 1.14. The molecule has 0 aromatic heterocycles. The quantitative estimate of drug-likeness (QED) is 0.294. The molecule has 80 valence electrons. The van der Waals surface area contributed by atoms with Crippen LogP contribution >= 0.6 is 0 Å². The van der Waals surface area contributed by atoms with Gasteiger partial charge < -0.3 is 26.6 Å². The highest BCUT2D eigenvalue weighted by Crippen LogP contribution is 1.73. The SMILES string of the molecule is CNCCN.O=CNC(CO)CO. The third kappa shape index (κ3) is 14.2. The fourth-order valence-electron chi connectivity index (χ4n) is 0.404. The van der Waals surface area contributed by atoms with Crippen LogP contribution in [0.1, 0.15) is 0 Å². The molecule has 0 saturated carbocycles. The number of carbonyl (C=O) groups excluding carboxylic acids is 1. The summed E-state index contributed by atoms with van der Waals surface area (Å²) in [7, 11) is 1.88. The van der Waals surface area contributed by atoms with Gasteiger partial charge in [-0.15, -0.1) is 0 Å². The Morgan fingerprint density at radius 2 is 2.00 bits per heavy atom. The molecule has 6 N–H and O–H groups in total. The summed E-state index contributed by atoms with van der Waals surface area (Å²) >= 11 is 0. The van der Waals surface area contributed by atoms with Gasteiger partial charge in [-0.3, -0.25) is 4.79 Å². The minimum Gasteiger partial charge on any atom is -0.394 e. The number of rotatable bonds is 6. The summed E-state index contributed by atoms with van der Waals surface area (Å²) in [5.74, 6) is 0. The second-order valence-electron chi connectivity index (χ2n) is 2.24. The van der Waals surface area contributed by atoms with Crippen LogP contribution in [0, 0.1) is 0 Å². The number of nitrogens with two attached hydrogens (primary N) is 1. The minimum absolute atomic E-state index is 0.227. The summed E-state index contributed by atoms with van der Waals surface area (Å²) in [6.45, 7) is 1.20. The van der Waals surface area contributed by atoms with Crippen LogP contribution in [0.4, 0.5) is 0 Å². The predicted octanol–water partition coefficient (Wildman–Crippen LogP) is -2.75. The van der Waals surface area contributed by atoms with Gasteiger partial charge in [0.15, 0.2) is 0 Å². The molecule has 0 atom stereocenters. The van der Waals surface area contributed by atoms with E-state index in [1.807, 2.05) is 7.05 Å². The summed E-state index contributed by atoms with van der Waals surface area (Å²) < 4.78 is 0. The predicted molar refractivity (Wildman–Crippen MR) is 50.1 cm³/mol. The molecule has 0 radical (unpaired) electrons. The van der Waals surface area contributed by atoms with Gasteiger partial charge in [0.25, 0.3) is 0 Å². The van der Waals surface area contributed by atoms with E-state index in [0.717, 1.165) is 13.1 Å². The van der Waals surface area contributed by atoms with Crippen molar-refractivity contribution in [3.63, 3.8) is 0 Å². The second-order valence-corrected chi connectivity index (χ2v) is 2.24. The van der Waals surface area contributed by atoms with Gasteiger partial charge in [0, 0.05) is 13.1 Å². The molecule has 6 nitrogen and oxygen atoms in total. The van der Waals surface area contributed by atoms with Crippen molar-refractivity contribution in [1.82, 2.24) is 10.6 Å². The Hall–Kier alpha value is -0.690. The normalized spacial score (nSPS) is 9.00. The van der Waals surface area contributed by atoms with Gasteiger partial charge in [-0.25, -0.2) is 0 Å². The van der Waals surface area contributed by atoms with Crippen LogP contribution in [0.25, 0.3) is 0 Å². The molecular weight excluding hydrogens is 174 g/mol. The summed E-state index contributed by atoms with van der Waals surface area (Å²) in [5, 5.41) is 21.6. The van der Waals surface area contributed by atoms with E-state index in [0.29, 0.717) is 6.41 Å². The average Bonchev–Trinajstić information content (AvgIpc) is 2.16. The molecule has 0 saturated heterocycles. The summed E-state index contributed by atoms with van der Waals surface area (Å²) in [6, 6.07) is -0.507. The molecule has 0 fully saturated rings. The number of aliphatic hydroxyl groups excluding tert-OH is 2. The lowest BCUT2D eigenvalue weighted by Crippen LogP contribution is -2.34. The fourth-order valence-corrected chi connectivity index (χ4v) is 0.404. The zero-order valence-electron chi connectivity index (χ0n) is 7.86. The van der Waals surface area contributed by atoms with Crippen molar-refractivity contribution in [2.45, 2.75) is 6.04 Å². The van der Waals surface area contributed by atoms with Gasteiger partial charge in [0.05, 0.1) is 19.3 Å². The highest BCUT2D eigenvalue weighted by Gasteiger charge is 1.99. The van der Waals surface area contributed by atoms with E-state index in [1.54, 1.807) is 0 Å².